The van der Waals surface area contributed by atoms with Crippen LogP contribution in [0.1, 0.15) is 25.0 Å². The first kappa shape index (κ1) is 13.7. The van der Waals surface area contributed by atoms with Gasteiger partial charge in [-0.15, -0.1) is 0 Å². The Balaban J connectivity index is 1.59. The van der Waals surface area contributed by atoms with Gasteiger partial charge < -0.3 is 10.6 Å². The van der Waals surface area contributed by atoms with Gasteiger partial charge in [0.25, 0.3) is 0 Å². The third-order valence-electron chi connectivity index (χ3n) is 3.91. The van der Waals surface area contributed by atoms with Crippen molar-refractivity contribution in [3.63, 3.8) is 0 Å². The van der Waals surface area contributed by atoms with Crippen LogP contribution in [0.25, 0.3) is 0 Å². The van der Waals surface area contributed by atoms with Gasteiger partial charge in [-0.05, 0) is 37.7 Å². The van der Waals surface area contributed by atoms with Crippen molar-refractivity contribution in [2.24, 2.45) is 5.92 Å². The molecule has 0 saturated carbocycles. The molecule has 0 radical (unpaired) electrons. The van der Waals surface area contributed by atoms with Crippen LogP contribution in [0.4, 0.5) is 11.8 Å². The number of hydrogen-bond donors (Lipinski definition) is 1. The van der Waals surface area contributed by atoms with E-state index >= 15 is 0 Å². The Labute approximate surface area is 124 Å². The highest BCUT2D eigenvalue weighted by molar-refractivity contribution is 5.28. The summed E-state index contributed by atoms with van der Waals surface area (Å²) in [5.41, 5.74) is 6.60. The second kappa shape index (κ2) is 6.47. The molecule has 3 rings (SSSR count). The zero-order valence-corrected chi connectivity index (χ0v) is 12.0. The molecule has 1 atom stereocenters. The monoisotopic (exact) mass is 284 g/mol. The molecular weight excluding hydrogens is 264 g/mol. The molecule has 0 aromatic carbocycles. The number of nitrogen functional groups attached to an aromatic ring is 1. The molecule has 1 aliphatic rings. The SMILES string of the molecule is Nc1cnc(CC2CCCN(c3ncccn3)CC2)cn1. The van der Waals surface area contributed by atoms with Crippen LogP contribution in [0.3, 0.4) is 0 Å². The van der Waals surface area contributed by atoms with Crippen LogP contribution < -0.4 is 10.6 Å². The Morgan fingerprint density at radius 2 is 1.90 bits per heavy atom. The van der Waals surface area contributed by atoms with Gasteiger partial charge >= 0.3 is 0 Å². The van der Waals surface area contributed by atoms with E-state index in [1.54, 1.807) is 24.8 Å². The Kier molecular flexibility index (Phi) is 4.23. The van der Waals surface area contributed by atoms with E-state index in [4.69, 9.17) is 5.73 Å². The van der Waals surface area contributed by atoms with Crippen molar-refractivity contribution in [2.75, 3.05) is 23.7 Å². The third-order valence-corrected chi connectivity index (χ3v) is 3.91. The molecule has 2 aromatic rings. The minimum atomic E-state index is 0.479. The first-order chi connectivity index (χ1) is 10.3. The molecule has 0 amide bonds. The first-order valence-corrected chi connectivity index (χ1v) is 7.39. The Morgan fingerprint density at radius 1 is 1.05 bits per heavy atom. The van der Waals surface area contributed by atoms with Gasteiger partial charge in [-0.25, -0.2) is 15.0 Å². The molecule has 0 aliphatic carbocycles. The molecule has 6 heteroatoms. The summed E-state index contributed by atoms with van der Waals surface area (Å²) in [4.78, 5) is 19.4. The summed E-state index contributed by atoms with van der Waals surface area (Å²) < 4.78 is 0. The average Bonchev–Trinajstić information content (AvgIpc) is 2.76. The zero-order valence-electron chi connectivity index (χ0n) is 12.0. The van der Waals surface area contributed by atoms with Gasteiger partial charge in [0, 0.05) is 25.5 Å². The van der Waals surface area contributed by atoms with Crippen LogP contribution in [0.5, 0.6) is 0 Å². The van der Waals surface area contributed by atoms with Gasteiger partial charge in [-0.2, -0.15) is 0 Å². The van der Waals surface area contributed by atoms with E-state index in [-0.39, 0.29) is 0 Å². The molecule has 0 spiro atoms. The number of anilines is 2. The van der Waals surface area contributed by atoms with Crippen molar-refractivity contribution in [1.29, 1.82) is 0 Å². The fourth-order valence-corrected chi connectivity index (χ4v) is 2.79. The fraction of sp³-hybridized carbons (Fsp3) is 0.467. The molecule has 3 heterocycles. The second-order valence-corrected chi connectivity index (χ2v) is 5.47. The quantitative estimate of drug-likeness (QED) is 0.924. The van der Waals surface area contributed by atoms with E-state index in [0.717, 1.165) is 44.0 Å². The van der Waals surface area contributed by atoms with Gasteiger partial charge in [-0.3, -0.25) is 4.98 Å². The Morgan fingerprint density at radius 3 is 2.67 bits per heavy atom. The Bertz CT molecular complexity index is 556. The number of nitrogens with zero attached hydrogens (tertiary/aromatic N) is 5. The molecule has 110 valence electrons. The lowest BCUT2D eigenvalue weighted by Gasteiger charge is -2.20. The molecule has 1 unspecified atom stereocenters. The van der Waals surface area contributed by atoms with Crippen LogP contribution in [-0.4, -0.2) is 33.0 Å². The maximum Gasteiger partial charge on any atom is 0.225 e. The molecule has 1 aliphatic heterocycles. The normalized spacial score (nSPS) is 19.2. The van der Waals surface area contributed by atoms with Crippen LogP contribution in [0.15, 0.2) is 30.9 Å². The number of nitrogens with two attached hydrogens (primary N) is 1. The van der Waals surface area contributed by atoms with Crippen LogP contribution in [0, 0.1) is 5.92 Å². The minimum Gasteiger partial charge on any atom is -0.382 e. The number of rotatable bonds is 3. The summed E-state index contributed by atoms with van der Waals surface area (Å²) in [6, 6.07) is 1.85. The molecule has 1 fully saturated rings. The van der Waals surface area contributed by atoms with E-state index in [9.17, 15) is 0 Å². The van der Waals surface area contributed by atoms with Crippen LogP contribution in [-0.2, 0) is 6.42 Å². The third kappa shape index (κ3) is 3.65. The van der Waals surface area contributed by atoms with Gasteiger partial charge in [-0.1, -0.05) is 0 Å². The molecule has 1 saturated heterocycles. The van der Waals surface area contributed by atoms with E-state index in [1.165, 1.54) is 6.42 Å². The maximum absolute atomic E-state index is 5.57. The maximum atomic E-state index is 5.57. The smallest absolute Gasteiger partial charge is 0.225 e. The average molecular weight is 284 g/mol. The second-order valence-electron chi connectivity index (χ2n) is 5.47. The van der Waals surface area contributed by atoms with Gasteiger partial charge in [0.15, 0.2) is 0 Å². The number of hydrogen-bond acceptors (Lipinski definition) is 6. The highest BCUT2D eigenvalue weighted by Crippen LogP contribution is 2.22. The van der Waals surface area contributed by atoms with Gasteiger partial charge in [0.1, 0.15) is 5.82 Å². The molecule has 6 nitrogen and oxygen atoms in total. The van der Waals surface area contributed by atoms with E-state index in [2.05, 4.69) is 24.8 Å². The summed E-state index contributed by atoms with van der Waals surface area (Å²) in [6.07, 6.45) is 11.5. The largest absolute Gasteiger partial charge is 0.382 e. The van der Waals surface area contributed by atoms with Gasteiger partial charge in [0.05, 0.1) is 18.1 Å². The van der Waals surface area contributed by atoms with Crippen molar-refractivity contribution in [2.45, 2.75) is 25.7 Å². The van der Waals surface area contributed by atoms with E-state index in [0.29, 0.717) is 11.7 Å². The van der Waals surface area contributed by atoms with Crippen LogP contribution in [0.2, 0.25) is 0 Å². The number of aromatic nitrogens is 4. The summed E-state index contributed by atoms with van der Waals surface area (Å²) in [7, 11) is 0. The van der Waals surface area contributed by atoms with Crippen molar-refractivity contribution in [3.05, 3.63) is 36.5 Å². The summed E-state index contributed by atoms with van der Waals surface area (Å²) in [6.45, 7) is 2.02. The van der Waals surface area contributed by atoms with Crippen LogP contribution >= 0.6 is 0 Å². The van der Waals surface area contributed by atoms with Crippen molar-refractivity contribution < 1.29 is 0 Å². The van der Waals surface area contributed by atoms with Gasteiger partial charge in [0.2, 0.25) is 5.95 Å². The predicted octanol–water partition coefficient (Wildman–Crippen LogP) is 1.70. The van der Waals surface area contributed by atoms with Crippen molar-refractivity contribution >= 4 is 11.8 Å². The summed E-state index contributed by atoms with van der Waals surface area (Å²) in [5, 5.41) is 0. The topological polar surface area (TPSA) is 80.8 Å². The summed E-state index contributed by atoms with van der Waals surface area (Å²) in [5.74, 6) is 1.95. The van der Waals surface area contributed by atoms with E-state index in [1.807, 2.05) is 6.07 Å². The standard InChI is InChI=1S/C15H20N6/c16-14-11-19-13(10-20-14)9-12-3-1-7-21(8-4-12)15-17-5-2-6-18-15/h2,5-6,10-12H,1,3-4,7-9H2,(H2,16,20). The predicted molar refractivity (Wildman–Crippen MR) is 81.7 cm³/mol. The first-order valence-electron chi connectivity index (χ1n) is 7.39. The molecule has 2 N–H and O–H groups in total. The highest BCUT2D eigenvalue weighted by Gasteiger charge is 2.19. The Hall–Kier alpha value is -2.24. The molecule has 2 aromatic heterocycles. The lowest BCUT2D eigenvalue weighted by Crippen LogP contribution is -2.26. The fourth-order valence-electron chi connectivity index (χ4n) is 2.79. The zero-order chi connectivity index (χ0) is 14.5. The molecule has 21 heavy (non-hydrogen) atoms. The van der Waals surface area contributed by atoms with Crippen molar-refractivity contribution in [3.8, 4) is 0 Å². The lowest BCUT2D eigenvalue weighted by molar-refractivity contribution is 0.466. The highest BCUT2D eigenvalue weighted by atomic mass is 15.2. The lowest BCUT2D eigenvalue weighted by atomic mass is 9.95. The molecular formula is C15H20N6. The summed E-state index contributed by atoms with van der Waals surface area (Å²) >= 11 is 0. The van der Waals surface area contributed by atoms with Crippen molar-refractivity contribution in [1.82, 2.24) is 19.9 Å². The van der Waals surface area contributed by atoms with E-state index < -0.39 is 0 Å². The minimum absolute atomic E-state index is 0.479. The molecule has 0 bridgehead atoms.